The Labute approximate surface area is 119 Å². The Balaban J connectivity index is 1.77. The summed E-state index contributed by atoms with van der Waals surface area (Å²) in [5.74, 6) is 0. The number of rotatable bonds is 4. The average molecular weight is 262 g/mol. The Morgan fingerprint density at radius 3 is 2.70 bits per heavy atom. The minimum Gasteiger partial charge on any atom is -0.306 e. The summed E-state index contributed by atoms with van der Waals surface area (Å²) in [4.78, 5) is 4.18. The van der Waals surface area contributed by atoms with Crippen LogP contribution in [-0.2, 0) is 6.54 Å². The molecule has 3 rings (SSSR count). The van der Waals surface area contributed by atoms with E-state index in [4.69, 9.17) is 0 Å². The van der Waals surface area contributed by atoms with Crippen molar-refractivity contribution in [1.29, 1.82) is 0 Å². The van der Waals surface area contributed by atoms with E-state index >= 15 is 0 Å². The van der Waals surface area contributed by atoms with Gasteiger partial charge in [-0.3, -0.25) is 4.98 Å². The normalized spacial score (nSPS) is 12.4. The molecule has 1 N–H and O–H groups in total. The summed E-state index contributed by atoms with van der Waals surface area (Å²) in [5.41, 5.74) is 2.63. The maximum absolute atomic E-state index is 4.18. The number of hydrogen-bond donors (Lipinski definition) is 1. The summed E-state index contributed by atoms with van der Waals surface area (Å²) in [6.07, 6.45) is 3.77. The number of benzene rings is 2. The highest BCUT2D eigenvalue weighted by molar-refractivity contribution is 5.84. The van der Waals surface area contributed by atoms with Crippen molar-refractivity contribution in [3.63, 3.8) is 0 Å². The predicted octanol–water partition coefficient (Wildman–Crippen LogP) is 4.09. The monoisotopic (exact) mass is 262 g/mol. The molecule has 0 fully saturated rings. The molecule has 0 aliphatic carbocycles. The zero-order valence-corrected chi connectivity index (χ0v) is 11.6. The largest absolute Gasteiger partial charge is 0.306 e. The van der Waals surface area contributed by atoms with Gasteiger partial charge in [0, 0.05) is 30.4 Å². The molecule has 0 saturated heterocycles. The maximum Gasteiger partial charge on any atom is 0.0346 e. The SMILES string of the molecule is CC(NCc1cccc2cnccc12)c1ccccc1. The van der Waals surface area contributed by atoms with Crippen LogP contribution in [0.4, 0.5) is 0 Å². The van der Waals surface area contributed by atoms with E-state index in [2.05, 4.69) is 65.8 Å². The van der Waals surface area contributed by atoms with Crippen LogP contribution < -0.4 is 5.32 Å². The molecule has 1 unspecified atom stereocenters. The molecular formula is C18H18N2. The molecule has 20 heavy (non-hydrogen) atoms. The van der Waals surface area contributed by atoms with Crippen LogP contribution in [0.3, 0.4) is 0 Å². The number of fused-ring (bicyclic) bond motifs is 1. The van der Waals surface area contributed by atoms with Gasteiger partial charge in [-0.1, -0.05) is 48.5 Å². The molecule has 3 aromatic rings. The Kier molecular flexibility index (Phi) is 3.75. The average Bonchev–Trinajstić information content (AvgIpc) is 2.53. The Morgan fingerprint density at radius 2 is 1.85 bits per heavy atom. The second-order valence-corrected chi connectivity index (χ2v) is 5.03. The van der Waals surface area contributed by atoms with E-state index in [9.17, 15) is 0 Å². The van der Waals surface area contributed by atoms with Crippen molar-refractivity contribution in [2.75, 3.05) is 0 Å². The third kappa shape index (κ3) is 2.70. The van der Waals surface area contributed by atoms with Gasteiger partial charge in [0.15, 0.2) is 0 Å². The molecule has 1 aromatic heterocycles. The number of nitrogens with zero attached hydrogens (tertiary/aromatic N) is 1. The molecule has 0 spiro atoms. The molecule has 100 valence electrons. The van der Waals surface area contributed by atoms with Gasteiger partial charge in [-0.25, -0.2) is 0 Å². The van der Waals surface area contributed by atoms with E-state index in [1.54, 1.807) is 0 Å². The van der Waals surface area contributed by atoms with Crippen molar-refractivity contribution >= 4 is 10.8 Å². The minimum absolute atomic E-state index is 0.341. The van der Waals surface area contributed by atoms with Crippen LogP contribution in [0.25, 0.3) is 10.8 Å². The van der Waals surface area contributed by atoms with E-state index in [-0.39, 0.29) is 0 Å². The van der Waals surface area contributed by atoms with Crippen LogP contribution in [-0.4, -0.2) is 4.98 Å². The number of pyridine rings is 1. The molecule has 2 aromatic carbocycles. The van der Waals surface area contributed by atoms with Gasteiger partial charge in [-0.2, -0.15) is 0 Å². The van der Waals surface area contributed by atoms with Crippen LogP contribution in [0.5, 0.6) is 0 Å². The van der Waals surface area contributed by atoms with Crippen LogP contribution in [0.1, 0.15) is 24.1 Å². The lowest BCUT2D eigenvalue weighted by Gasteiger charge is -2.15. The zero-order chi connectivity index (χ0) is 13.8. The van der Waals surface area contributed by atoms with Crippen molar-refractivity contribution in [3.05, 3.63) is 78.1 Å². The first-order chi connectivity index (χ1) is 9.84. The van der Waals surface area contributed by atoms with Crippen molar-refractivity contribution < 1.29 is 0 Å². The minimum atomic E-state index is 0.341. The van der Waals surface area contributed by atoms with Gasteiger partial charge in [0.1, 0.15) is 0 Å². The summed E-state index contributed by atoms with van der Waals surface area (Å²) < 4.78 is 0. The Morgan fingerprint density at radius 1 is 1.00 bits per heavy atom. The fourth-order valence-electron chi connectivity index (χ4n) is 2.47. The molecule has 0 saturated carbocycles. The molecule has 0 amide bonds. The highest BCUT2D eigenvalue weighted by atomic mass is 14.9. The van der Waals surface area contributed by atoms with E-state index < -0.39 is 0 Å². The van der Waals surface area contributed by atoms with Crippen molar-refractivity contribution in [3.8, 4) is 0 Å². The van der Waals surface area contributed by atoms with Gasteiger partial charge < -0.3 is 5.32 Å². The molecule has 2 nitrogen and oxygen atoms in total. The summed E-state index contributed by atoms with van der Waals surface area (Å²) in [6, 6.07) is 19.3. The molecular weight excluding hydrogens is 244 g/mol. The highest BCUT2D eigenvalue weighted by Gasteiger charge is 2.05. The molecule has 0 aliphatic rings. The molecule has 0 aliphatic heterocycles. The fourth-order valence-corrected chi connectivity index (χ4v) is 2.47. The van der Waals surface area contributed by atoms with Gasteiger partial charge in [0.25, 0.3) is 0 Å². The van der Waals surface area contributed by atoms with Crippen LogP contribution >= 0.6 is 0 Å². The summed E-state index contributed by atoms with van der Waals surface area (Å²) in [5, 5.41) is 6.05. The first-order valence-corrected chi connectivity index (χ1v) is 6.94. The predicted molar refractivity (Wildman–Crippen MR) is 83.4 cm³/mol. The second kappa shape index (κ2) is 5.85. The third-order valence-corrected chi connectivity index (χ3v) is 3.67. The zero-order valence-electron chi connectivity index (χ0n) is 11.6. The van der Waals surface area contributed by atoms with E-state index in [0.717, 1.165) is 6.54 Å². The molecule has 1 atom stereocenters. The van der Waals surface area contributed by atoms with E-state index in [1.165, 1.54) is 21.9 Å². The summed E-state index contributed by atoms with van der Waals surface area (Å²) in [7, 11) is 0. The van der Waals surface area contributed by atoms with Crippen molar-refractivity contribution in [2.45, 2.75) is 19.5 Å². The topological polar surface area (TPSA) is 24.9 Å². The maximum atomic E-state index is 4.18. The van der Waals surface area contributed by atoms with Gasteiger partial charge in [0.2, 0.25) is 0 Å². The highest BCUT2D eigenvalue weighted by Crippen LogP contribution is 2.19. The van der Waals surface area contributed by atoms with Crippen molar-refractivity contribution in [1.82, 2.24) is 10.3 Å². The van der Waals surface area contributed by atoms with Gasteiger partial charge in [-0.15, -0.1) is 0 Å². The second-order valence-electron chi connectivity index (χ2n) is 5.03. The number of nitrogens with one attached hydrogen (secondary N) is 1. The first kappa shape index (κ1) is 12.8. The quantitative estimate of drug-likeness (QED) is 0.766. The van der Waals surface area contributed by atoms with E-state index in [0.29, 0.717) is 6.04 Å². The van der Waals surface area contributed by atoms with Gasteiger partial charge in [0.05, 0.1) is 0 Å². The molecule has 0 bridgehead atoms. The summed E-state index contributed by atoms with van der Waals surface area (Å²) >= 11 is 0. The fraction of sp³-hybridized carbons (Fsp3) is 0.167. The van der Waals surface area contributed by atoms with Crippen LogP contribution in [0.15, 0.2) is 67.0 Å². The van der Waals surface area contributed by atoms with Crippen LogP contribution in [0.2, 0.25) is 0 Å². The summed E-state index contributed by atoms with van der Waals surface area (Å²) in [6.45, 7) is 3.05. The van der Waals surface area contributed by atoms with Gasteiger partial charge >= 0.3 is 0 Å². The number of aromatic nitrogens is 1. The first-order valence-electron chi connectivity index (χ1n) is 6.94. The lowest BCUT2D eigenvalue weighted by atomic mass is 10.1. The molecule has 0 radical (unpaired) electrons. The van der Waals surface area contributed by atoms with E-state index in [1.807, 2.05) is 18.5 Å². The molecule has 1 heterocycles. The number of hydrogen-bond acceptors (Lipinski definition) is 2. The lowest BCUT2D eigenvalue weighted by molar-refractivity contribution is 0.576. The Bertz CT molecular complexity index is 687. The van der Waals surface area contributed by atoms with Crippen LogP contribution in [0, 0.1) is 0 Å². The van der Waals surface area contributed by atoms with Crippen molar-refractivity contribution in [2.24, 2.45) is 0 Å². The molecule has 2 heteroatoms. The Hall–Kier alpha value is -2.19. The standard InChI is InChI=1S/C18H18N2/c1-14(15-6-3-2-4-7-15)20-13-17-9-5-8-16-12-19-11-10-18(16)17/h2-12,14,20H,13H2,1H3. The van der Waals surface area contributed by atoms with Gasteiger partial charge in [-0.05, 0) is 29.5 Å². The lowest BCUT2D eigenvalue weighted by Crippen LogP contribution is -2.18. The smallest absolute Gasteiger partial charge is 0.0346 e. The third-order valence-electron chi connectivity index (χ3n) is 3.67.